The number of halogens is 2. The first-order valence-corrected chi connectivity index (χ1v) is 8.36. The number of aliphatic hydroxyl groups excluding tert-OH is 1. The van der Waals surface area contributed by atoms with E-state index in [1.165, 1.54) is 23.6 Å². The first kappa shape index (κ1) is 19.3. The molecular weight excluding hydrogens is 322 g/mol. The maximum absolute atomic E-state index is 14.1. The second-order valence-electron chi connectivity index (χ2n) is 6.81. The van der Waals surface area contributed by atoms with Gasteiger partial charge < -0.3 is 10.1 Å². The number of aliphatic hydroxyl groups is 1. The second kappa shape index (κ2) is 7.93. The number of rotatable bonds is 4. The molecule has 25 heavy (non-hydrogen) atoms. The van der Waals surface area contributed by atoms with Gasteiger partial charge in [0.25, 0.3) is 0 Å². The molecule has 0 amide bonds. The van der Waals surface area contributed by atoms with E-state index < -0.39 is 18.1 Å². The molecule has 0 aliphatic carbocycles. The Hall–Kier alpha value is -1.98. The fourth-order valence-electron chi connectivity index (χ4n) is 3.09. The molecule has 1 aromatic heterocycles. The van der Waals surface area contributed by atoms with Crippen molar-refractivity contribution in [3.63, 3.8) is 0 Å². The molecule has 5 heteroatoms. The number of aromatic amines is 1. The number of nitrogens with zero attached hydrogens (tertiary/aromatic N) is 1. The Balaban J connectivity index is 0.000000399. The van der Waals surface area contributed by atoms with E-state index in [1.54, 1.807) is 0 Å². The summed E-state index contributed by atoms with van der Waals surface area (Å²) >= 11 is 0. The summed E-state index contributed by atoms with van der Waals surface area (Å²) in [5, 5.41) is 10.4. The number of fused-ring (bicyclic) bond motifs is 3. The van der Waals surface area contributed by atoms with Gasteiger partial charge in [0.1, 0.15) is 11.5 Å². The highest BCUT2D eigenvalue weighted by Gasteiger charge is 2.32. The lowest BCUT2D eigenvalue weighted by atomic mass is 9.96. The van der Waals surface area contributed by atoms with Gasteiger partial charge in [-0.15, -0.1) is 0 Å². The Morgan fingerprint density at radius 1 is 1.48 bits per heavy atom. The molecule has 3 rings (SSSR count). The molecular formula is C20H26F2N2O. The molecule has 0 unspecified atom stereocenters. The third-order valence-corrected chi connectivity index (χ3v) is 4.47. The van der Waals surface area contributed by atoms with Crippen molar-refractivity contribution in [3.05, 3.63) is 60.6 Å². The molecule has 136 valence electrons. The van der Waals surface area contributed by atoms with Crippen LogP contribution in [0.2, 0.25) is 0 Å². The number of hydrogen-bond donors (Lipinski definition) is 2. The molecule has 1 aromatic carbocycles. The summed E-state index contributed by atoms with van der Waals surface area (Å²) in [6, 6.07) is 8.58. The van der Waals surface area contributed by atoms with Gasteiger partial charge in [0.15, 0.2) is 0 Å². The predicted octanol–water partition coefficient (Wildman–Crippen LogP) is 4.29. The van der Waals surface area contributed by atoms with Crippen molar-refractivity contribution in [2.75, 3.05) is 13.2 Å². The molecule has 0 bridgehead atoms. The highest BCUT2D eigenvalue weighted by molar-refractivity contribution is 5.84. The summed E-state index contributed by atoms with van der Waals surface area (Å²) < 4.78 is 25.2. The van der Waals surface area contributed by atoms with Crippen molar-refractivity contribution in [2.24, 2.45) is 0 Å². The van der Waals surface area contributed by atoms with E-state index in [1.807, 2.05) is 6.07 Å². The van der Waals surface area contributed by atoms with Gasteiger partial charge in [-0.3, -0.25) is 4.90 Å². The van der Waals surface area contributed by atoms with Gasteiger partial charge in [-0.1, -0.05) is 31.4 Å². The quantitative estimate of drug-likeness (QED) is 0.809. The molecule has 0 spiro atoms. The summed E-state index contributed by atoms with van der Waals surface area (Å²) in [5.74, 6) is -0.481. The van der Waals surface area contributed by atoms with Crippen LogP contribution in [0.1, 0.15) is 25.1 Å². The highest BCUT2D eigenvalue weighted by Crippen LogP contribution is 2.31. The minimum absolute atomic E-state index is 0.263. The van der Waals surface area contributed by atoms with Crippen LogP contribution in [-0.2, 0) is 13.0 Å². The topological polar surface area (TPSA) is 39.3 Å². The minimum atomic E-state index is -1.54. The fourth-order valence-corrected chi connectivity index (χ4v) is 3.09. The van der Waals surface area contributed by atoms with Crippen LogP contribution in [0.4, 0.5) is 8.78 Å². The lowest BCUT2D eigenvalue weighted by molar-refractivity contribution is 0.0277. The van der Waals surface area contributed by atoms with E-state index in [4.69, 9.17) is 5.11 Å². The molecule has 2 heterocycles. The number of alkyl halides is 1. The Morgan fingerprint density at radius 3 is 2.72 bits per heavy atom. The van der Waals surface area contributed by atoms with Crippen molar-refractivity contribution >= 4 is 10.9 Å². The van der Waals surface area contributed by atoms with Crippen LogP contribution >= 0.6 is 0 Å². The third-order valence-electron chi connectivity index (χ3n) is 4.47. The minimum Gasteiger partial charge on any atom is -0.393 e. The highest BCUT2D eigenvalue weighted by atomic mass is 19.1. The predicted molar refractivity (Wildman–Crippen MR) is 98.9 cm³/mol. The standard InChI is InChI=1S/C16H21FN2O.C4H5F/c1-11-7-13-12-5-3-4-6-14(12)18-15(13)8-19(11)9-16(2,17)10-20;1-3-4(2)5/h3-6,11,18,20H,7-10H2,1-2H3;3H,1-2H2/t11-,16-;/m1./s1. The second-order valence-corrected chi connectivity index (χ2v) is 6.81. The number of allylic oxidation sites excluding steroid dienone is 2. The van der Waals surface area contributed by atoms with E-state index in [9.17, 15) is 8.78 Å². The SMILES string of the molecule is C=CC(=C)F.C[C@@H]1Cc2c([nH]c3ccccc23)CN1C[C@@](C)(F)CO. The Kier molecular flexibility index (Phi) is 6.14. The molecule has 1 aliphatic rings. The zero-order valence-electron chi connectivity index (χ0n) is 14.9. The third kappa shape index (κ3) is 4.77. The molecule has 0 saturated heterocycles. The van der Waals surface area contributed by atoms with Crippen LogP contribution in [0.25, 0.3) is 10.9 Å². The summed E-state index contributed by atoms with van der Waals surface area (Å²) in [6.45, 7) is 10.1. The zero-order valence-corrected chi connectivity index (χ0v) is 14.9. The van der Waals surface area contributed by atoms with Crippen LogP contribution in [0, 0.1) is 0 Å². The number of H-pyrrole nitrogens is 1. The molecule has 0 fully saturated rings. The smallest absolute Gasteiger partial charge is 0.143 e. The Bertz CT molecular complexity index is 751. The van der Waals surface area contributed by atoms with E-state index >= 15 is 0 Å². The van der Waals surface area contributed by atoms with Crippen LogP contribution in [0.15, 0.2) is 49.3 Å². The number of hydrogen-bond acceptors (Lipinski definition) is 2. The first-order valence-electron chi connectivity index (χ1n) is 8.36. The van der Waals surface area contributed by atoms with Crippen LogP contribution in [-0.4, -0.2) is 39.9 Å². The van der Waals surface area contributed by atoms with Gasteiger partial charge in [0.2, 0.25) is 0 Å². The Labute approximate surface area is 147 Å². The van der Waals surface area contributed by atoms with Gasteiger partial charge >= 0.3 is 0 Å². The molecule has 2 atom stereocenters. The molecule has 1 aliphatic heterocycles. The fraction of sp³-hybridized carbons (Fsp3) is 0.400. The average molecular weight is 348 g/mol. The molecule has 2 aromatic rings. The van der Waals surface area contributed by atoms with E-state index in [0.29, 0.717) is 6.54 Å². The van der Waals surface area contributed by atoms with Crippen LogP contribution in [0.3, 0.4) is 0 Å². The van der Waals surface area contributed by atoms with Gasteiger partial charge in [0.05, 0.1) is 6.61 Å². The van der Waals surface area contributed by atoms with Crippen molar-refractivity contribution in [2.45, 2.75) is 38.5 Å². The number of benzene rings is 1. The van der Waals surface area contributed by atoms with E-state index in [-0.39, 0.29) is 12.6 Å². The van der Waals surface area contributed by atoms with E-state index in [2.05, 4.69) is 48.2 Å². The first-order chi connectivity index (χ1) is 11.8. The van der Waals surface area contributed by atoms with Crippen molar-refractivity contribution in [1.82, 2.24) is 9.88 Å². The largest absolute Gasteiger partial charge is 0.393 e. The summed E-state index contributed by atoms with van der Waals surface area (Å²) in [7, 11) is 0. The Morgan fingerprint density at radius 2 is 2.12 bits per heavy atom. The van der Waals surface area contributed by atoms with Crippen molar-refractivity contribution in [1.29, 1.82) is 0 Å². The number of nitrogens with one attached hydrogen (secondary N) is 1. The normalized spacial score (nSPS) is 19.5. The van der Waals surface area contributed by atoms with E-state index in [0.717, 1.165) is 18.0 Å². The maximum Gasteiger partial charge on any atom is 0.143 e. The van der Waals surface area contributed by atoms with Crippen molar-refractivity contribution in [3.8, 4) is 0 Å². The lowest BCUT2D eigenvalue weighted by Gasteiger charge is -2.36. The molecule has 3 nitrogen and oxygen atoms in total. The zero-order chi connectivity index (χ0) is 18.6. The van der Waals surface area contributed by atoms with Crippen LogP contribution in [0.5, 0.6) is 0 Å². The van der Waals surface area contributed by atoms with Gasteiger partial charge in [-0.05, 0) is 38.0 Å². The monoisotopic (exact) mass is 348 g/mol. The van der Waals surface area contributed by atoms with Gasteiger partial charge in [-0.25, -0.2) is 8.78 Å². The summed E-state index contributed by atoms with van der Waals surface area (Å²) in [5.41, 5.74) is 2.14. The number of aromatic nitrogens is 1. The lowest BCUT2D eigenvalue weighted by Crippen LogP contribution is -2.46. The maximum atomic E-state index is 14.1. The van der Waals surface area contributed by atoms with Gasteiger partial charge in [0, 0.05) is 35.7 Å². The van der Waals surface area contributed by atoms with Gasteiger partial charge in [-0.2, -0.15) is 0 Å². The van der Waals surface area contributed by atoms with Crippen LogP contribution < -0.4 is 0 Å². The summed E-state index contributed by atoms with van der Waals surface area (Å²) in [6.07, 6.45) is 1.97. The number of para-hydroxylation sites is 1. The van der Waals surface area contributed by atoms with Crippen molar-refractivity contribution < 1.29 is 13.9 Å². The molecule has 0 radical (unpaired) electrons. The molecule has 2 N–H and O–H groups in total. The average Bonchev–Trinajstić information content (AvgIpc) is 2.93. The summed E-state index contributed by atoms with van der Waals surface area (Å²) in [4.78, 5) is 5.55. The molecule has 0 saturated carbocycles.